The van der Waals surface area contributed by atoms with Crippen molar-refractivity contribution in [2.75, 3.05) is 46.1 Å². The fraction of sp³-hybridized carbons (Fsp3) is 0.938. The Morgan fingerprint density at radius 1 is 1.23 bits per heavy atom. The Bertz CT molecular complexity index is 272. The summed E-state index contributed by atoms with van der Waals surface area (Å²) in [6.45, 7) is 10.4. The molecule has 0 spiro atoms. The maximum atomic E-state index is 5.68. The van der Waals surface area contributed by atoms with Crippen molar-refractivity contribution >= 4 is 29.9 Å². The summed E-state index contributed by atoms with van der Waals surface area (Å²) in [5.41, 5.74) is 0. The van der Waals surface area contributed by atoms with E-state index in [1.165, 1.54) is 19.3 Å². The molecule has 1 aliphatic rings. The van der Waals surface area contributed by atoms with Crippen molar-refractivity contribution in [1.29, 1.82) is 0 Å². The second-order valence-electron chi connectivity index (χ2n) is 5.55. The zero-order valence-corrected chi connectivity index (χ0v) is 16.6. The summed E-state index contributed by atoms with van der Waals surface area (Å²) in [6, 6.07) is 0. The van der Waals surface area contributed by atoms with Crippen molar-refractivity contribution in [2.45, 2.75) is 46.0 Å². The highest BCUT2D eigenvalue weighted by atomic mass is 127. The molecule has 0 aromatic carbocycles. The molecule has 0 saturated carbocycles. The Hall–Kier alpha value is -0.0800. The normalized spacial score (nSPS) is 18.1. The Morgan fingerprint density at radius 3 is 2.77 bits per heavy atom. The van der Waals surface area contributed by atoms with Crippen LogP contribution in [0.5, 0.6) is 0 Å². The van der Waals surface area contributed by atoms with E-state index in [0.717, 1.165) is 64.9 Å². The first-order valence-electron chi connectivity index (χ1n) is 8.54. The third kappa shape index (κ3) is 11.5. The number of guanidine groups is 1. The van der Waals surface area contributed by atoms with Crippen LogP contribution in [0.4, 0.5) is 0 Å². The fourth-order valence-electron chi connectivity index (χ4n) is 2.25. The predicted molar refractivity (Wildman–Crippen MR) is 103 cm³/mol. The Balaban J connectivity index is 0.00000441. The van der Waals surface area contributed by atoms with Crippen molar-refractivity contribution in [1.82, 2.24) is 10.6 Å². The summed E-state index contributed by atoms with van der Waals surface area (Å²) >= 11 is 0. The number of unbranched alkanes of at least 4 members (excludes halogenated alkanes) is 2. The second kappa shape index (κ2) is 15.8. The van der Waals surface area contributed by atoms with Gasteiger partial charge in [0.2, 0.25) is 0 Å². The molecule has 22 heavy (non-hydrogen) atoms. The molecule has 0 amide bonds. The third-order valence-electron chi connectivity index (χ3n) is 3.51. The summed E-state index contributed by atoms with van der Waals surface area (Å²) in [5.74, 6) is 1.53. The number of hydrogen-bond acceptors (Lipinski definition) is 3. The number of nitrogens with zero attached hydrogens (tertiary/aromatic N) is 1. The zero-order chi connectivity index (χ0) is 15.2. The molecular weight excluding hydrogens is 393 g/mol. The molecule has 0 aromatic heterocycles. The van der Waals surface area contributed by atoms with Crippen LogP contribution < -0.4 is 10.6 Å². The van der Waals surface area contributed by atoms with Gasteiger partial charge in [0, 0.05) is 38.8 Å². The average molecular weight is 427 g/mol. The van der Waals surface area contributed by atoms with E-state index in [-0.39, 0.29) is 24.0 Å². The van der Waals surface area contributed by atoms with Gasteiger partial charge in [0.15, 0.2) is 5.96 Å². The number of ether oxygens (including phenoxy) is 2. The lowest BCUT2D eigenvalue weighted by atomic mass is 10.1. The molecule has 0 radical (unpaired) electrons. The molecule has 6 heteroatoms. The van der Waals surface area contributed by atoms with Gasteiger partial charge in [0.25, 0.3) is 0 Å². The molecule has 0 aromatic rings. The molecule has 1 atom stereocenters. The van der Waals surface area contributed by atoms with Crippen LogP contribution >= 0.6 is 24.0 Å². The van der Waals surface area contributed by atoms with Crippen LogP contribution in [0.2, 0.25) is 0 Å². The average Bonchev–Trinajstić information content (AvgIpc) is 3.00. The summed E-state index contributed by atoms with van der Waals surface area (Å²) in [5, 5.41) is 6.65. The summed E-state index contributed by atoms with van der Waals surface area (Å²) < 4.78 is 11.0. The molecule has 1 fully saturated rings. The first-order valence-corrected chi connectivity index (χ1v) is 8.54. The Kier molecular flexibility index (Phi) is 15.7. The van der Waals surface area contributed by atoms with Gasteiger partial charge < -0.3 is 20.1 Å². The zero-order valence-electron chi connectivity index (χ0n) is 14.2. The van der Waals surface area contributed by atoms with Gasteiger partial charge in [0.05, 0.1) is 13.2 Å². The quantitative estimate of drug-likeness (QED) is 0.231. The van der Waals surface area contributed by atoms with Crippen LogP contribution in [-0.4, -0.2) is 52.0 Å². The molecule has 132 valence electrons. The van der Waals surface area contributed by atoms with E-state index >= 15 is 0 Å². The van der Waals surface area contributed by atoms with Crippen molar-refractivity contribution in [3.63, 3.8) is 0 Å². The smallest absolute Gasteiger partial charge is 0.191 e. The van der Waals surface area contributed by atoms with Gasteiger partial charge >= 0.3 is 0 Å². The van der Waals surface area contributed by atoms with Crippen molar-refractivity contribution in [3.05, 3.63) is 0 Å². The van der Waals surface area contributed by atoms with E-state index in [1.54, 1.807) is 0 Å². The maximum Gasteiger partial charge on any atom is 0.191 e. The summed E-state index contributed by atoms with van der Waals surface area (Å²) in [4.78, 5) is 4.57. The van der Waals surface area contributed by atoms with Gasteiger partial charge in [-0.1, -0.05) is 19.8 Å². The molecule has 1 saturated heterocycles. The minimum Gasteiger partial charge on any atom is -0.381 e. The number of aliphatic imine (C=N–C) groups is 1. The van der Waals surface area contributed by atoms with Gasteiger partial charge in [-0.3, -0.25) is 4.99 Å². The monoisotopic (exact) mass is 427 g/mol. The van der Waals surface area contributed by atoms with Crippen LogP contribution in [0.3, 0.4) is 0 Å². The van der Waals surface area contributed by atoms with Gasteiger partial charge in [-0.15, -0.1) is 24.0 Å². The number of rotatable bonds is 11. The first kappa shape index (κ1) is 21.9. The highest BCUT2D eigenvalue weighted by molar-refractivity contribution is 14.0. The molecule has 2 N–H and O–H groups in total. The molecule has 5 nitrogen and oxygen atoms in total. The van der Waals surface area contributed by atoms with Gasteiger partial charge in [-0.05, 0) is 26.2 Å². The topological polar surface area (TPSA) is 54.9 Å². The van der Waals surface area contributed by atoms with Crippen LogP contribution in [-0.2, 0) is 9.47 Å². The number of halogens is 1. The SMILES string of the molecule is CCCCCNC(=NCCCOCC1CCOC1)NCC.I. The largest absolute Gasteiger partial charge is 0.381 e. The van der Waals surface area contributed by atoms with E-state index < -0.39 is 0 Å². The van der Waals surface area contributed by atoms with E-state index in [1.807, 2.05) is 0 Å². The molecule has 0 bridgehead atoms. The number of nitrogens with one attached hydrogen (secondary N) is 2. The third-order valence-corrected chi connectivity index (χ3v) is 3.51. The lowest BCUT2D eigenvalue weighted by Gasteiger charge is -2.11. The molecular formula is C16H34IN3O2. The lowest BCUT2D eigenvalue weighted by molar-refractivity contribution is 0.0893. The fourth-order valence-corrected chi connectivity index (χ4v) is 2.25. The maximum absolute atomic E-state index is 5.68. The molecule has 1 unspecified atom stereocenters. The predicted octanol–water partition coefficient (Wildman–Crippen LogP) is 2.79. The van der Waals surface area contributed by atoms with Gasteiger partial charge in [-0.2, -0.15) is 0 Å². The molecule has 0 aliphatic carbocycles. The first-order chi connectivity index (χ1) is 10.4. The van der Waals surface area contributed by atoms with Crippen LogP contribution in [0.25, 0.3) is 0 Å². The highest BCUT2D eigenvalue weighted by Gasteiger charge is 2.14. The molecule has 1 aliphatic heterocycles. The second-order valence-corrected chi connectivity index (χ2v) is 5.55. The molecule has 1 rings (SSSR count). The van der Waals surface area contributed by atoms with E-state index in [2.05, 4.69) is 29.5 Å². The van der Waals surface area contributed by atoms with Gasteiger partial charge in [0.1, 0.15) is 0 Å². The minimum atomic E-state index is 0. The van der Waals surface area contributed by atoms with Crippen molar-refractivity contribution in [2.24, 2.45) is 10.9 Å². The standard InChI is InChI=1S/C16H33N3O2.HI/c1-3-5-6-9-18-16(17-4-2)19-10-7-11-20-13-15-8-12-21-14-15;/h15H,3-14H2,1-2H3,(H2,17,18,19);1H. The van der Waals surface area contributed by atoms with Crippen molar-refractivity contribution < 1.29 is 9.47 Å². The van der Waals surface area contributed by atoms with E-state index in [0.29, 0.717) is 5.92 Å². The lowest BCUT2D eigenvalue weighted by Crippen LogP contribution is -2.37. The van der Waals surface area contributed by atoms with Crippen LogP contribution in [0.1, 0.15) is 46.0 Å². The van der Waals surface area contributed by atoms with Crippen LogP contribution in [0.15, 0.2) is 4.99 Å². The summed E-state index contributed by atoms with van der Waals surface area (Å²) in [7, 11) is 0. The highest BCUT2D eigenvalue weighted by Crippen LogP contribution is 2.12. The minimum absolute atomic E-state index is 0. The van der Waals surface area contributed by atoms with E-state index in [9.17, 15) is 0 Å². The summed E-state index contributed by atoms with van der Waals surface area (Å²) in [6.07, 6.45) is 5.83. The molecule has 1 heterocycles. The van der Waals surface area contributed by atoms with Crippen LogP contribution in [0, 0.1) is 5.92 Å². The van der Waals surface area contributed by atoms with E-state index in [4.69, 9.17) is 9.47 Å². The van der Waals surface area contributed by atoms with Gasteiger partial charge in [-0.25, -0.2) is 0 Å². The number of hydrogen-bond donors (Lipinski definition) is 2. The Labute approximate surface area is 153 Å². The van der Waals surface area contributed by atoms with Crippen molar-refractivity contribution in [3.8, 4) is 0 Å². The Morgan fingerprint density at radius 2 is 2.09 bits per heavy atom.